The highest BCUT2D eigenvalue weighted by molar-refractivity contribution is 7.92. The number of halogens is 1. The zero-order chi connectivity index (χ0) is 16.6. The summed E-state index contributed by atoms with van der Waals surface area (Å²) in [6.45, 7) is 3.60. The zero-order valence-corrected chi connectivity index (χ0v) is 14.2. The number of benzene rings is 2. The molecule has 0 radical (unpaired) electrons. The van der Waals surface area contributed by atoms with Crippen LogP contribution in [0.1, 0.15) is 11.3 Å². The number of rotatable bonds is 3. The van der Waals surface area contributed by atoms with Crippen molar-refractivity contribution in [1.29, 1.82) is 0 Å². The van der Waals surface area contributed by atoms with E-state index >= 15 is 0 Å². The maximum absolute atomic E-state index is 12.6. The number of sulfonamides is 1. The SMILES string of the molecule is Cc1ccc2cc(NS(=O)(=O)c3cccc(Cl)c3C)ccc2n1. The molecule has 0 amide bonds. The zero-order valence-electron chi connectivity index (χ0n) is 12.7. The second kappa shape index (κ2) is 5.83. The lowest BCUT2D eigenvalue weighted by molar-refractivity contribution is 0.600. The lowest BCUT2D eigenvalue weighted by Crippen LogP contribution is -2.14. The molecule has 6 heteroatoms. The Morgan fingerprint density at radius 2 is 1.83 bits per heavy atom. The van der Waals surface area contributed by atoms with E-state index in [1.807, 2.05) is 19.1 Å². The van der Waals surface area contributed by atoms with Crippen LogP contribution in [0.25, 0.3) is 10.9 Å². The Morgan fingerprint density at radius 1 is 1.04 bits per heavy atom. The molecule has 3 aromatic rings. The predicted molar refractivity (Wildman–Crippen MR) is 93.5 cm³/mol. The Morgan fingerprint density at radius 3 is 2.61 bits per heavy atom. The summed E-state index contributed by atoms with van der Waals surface area (Å²) in [4.78, 5) is 4.58. The summed E-state index contributed by atoms with van der Waals surface area (Å²) >= 11 is 6.02. The van der Waals surface area contributed by atoms with Crippen molar-refractivity contribution in [2.75, 3.05) is 4.72 Å². The van der Waals surface area contributed by atoms with Crippen LogP contribution in [-0.4, -0.2) is 13.4 Å². The number of anilines is 1. The van der Waals surface area contributed by atoms with Gasteiger partial charge in [-0.2, -0.15) is 0 Å². The smallest absolute Gasteiger partial charge is 0.262 e. The van der Waals surface area contributed by atoms with Crippen LogP contribution in [0.3, 0.4) is 0 Å². The van der Waals surface area contributed by atoms with Gasteiger partial charge in [-0.1, -0.05) is 23.7 Å². The minimum atomic E-state index is -3.70. The van der Waals surface area contributed by atoms with Crippen LogP contribution < -0.4 is 4.72 Å². The maximum Gasteiger partial charge on any atom is 0.262 e. The van der Waals surface area contributed by atoms with E-state index < -0.39 is 10.0 Å². The molecule has 0 saturated carbocycles. The third-order valence-corrected chi connectivity index (χ3v) is 5.52. The molecule has 0 aliphatic heterocycles. The highest BCUT2D eigenvalue weighted by Crippen LogP contribution is 2.26. The predicted octanol–water partition coefficient (Wildman–Crippen LogP) is 4.31. The fraction of sp³-hybridized carbons (Fsp3) is 0.118. The lowest BCUT2D eigenvalue weighted by Gasteiger charge is -2.11. The number of hydrogen-bond acceptors (Lipinski definition) is 3. The van der Waals surface area contributed by atoms with Crippen molar-refractivity contribution in [2.24, 2.45) is 0 Å². The second-order valence-corrected chi connectivity index (χ2v) is 7.39. The molecule has 0 fully saturated rings. The first kappa shape index (κ1) is 15.8. The van der Waals surface area contributed by atoms with E-state index in [-0.39, 0.29) is 4.90 Å². The van der Waals surface area contributed by atoms with Gasteiger partial charge in [0, 0.05) is 21.8 Å². The normalized spacial score (nSPS) is 11.6. The minimum Gasteiger partial charge on any atom is -0.280 e. The van der Waals surface area contributed by atoms with E-state index in [4.69, 9.17) is 11.6 Å². The number of nitrogens with zero attached hydrogens (tertiary/aromatic N) is 1. The summed E-state index contributed by atoms with van der Waals surface area (Å²) in [6, 6.07) is 13.9. The monoisotopic (exact) mass is 346 g/mol. The summed E-state index contributed by atoms with van der Waals surface area (Å²) in [7, 11) is -3.70. The van der Waals surface area contributed by atoms with E-state index in [1.54, 1.807) is 37.3 Å². The lowest BCUT2D eigenvalue weighted by atomic mass is 10.2. The van der Waals surface area contributed by atoms with Gasteiger partial charge in [-0.05, 0) is 55.8 Å². The average Bonchev–Trinajstić information content (AvgIpc) is 2.49. The summed E-state index contributed by atoms with van der Waals surface area (Å²) in [6.07, 6.45) is 0. The number of nitrogens with one attached hydrogen (secondary N) is 1. The number of pyridine rings is 1. The fourth-order valence-electron chi connectivity index (χ4n) is 2.38. The van der Waals surface area contributed by atoms with Crippen LogP contribution >= 0.6 is 11.6 Å². The molecule has 1 N–H and O–H groups in total. The molecular formula is C17H15ClN2O2S. The van der Waals surface area contributed by atoms with Gasteiger partial charge in [0.05, 0.1) is 10.4 Å². The van der Waals surface area contributed by atoms with Crippen molar-refractivity contribution >= 4 is 38.2 Å². The topological polar surface area (TPSA) is 59.1 Å². The molecule has 1 heterocycles. The van der Waals surface area contributed by atoms with Crippen LogP contribution in [0, 0.1) is 13.8 Å². The number of aromatic nitrogens is 1. The van der Waals surface area contributed by atoms with E-state index in [0.717, 1.165) is 16.6 Å². The highest BCUT2D eigenvalue weighted by atomic mass is 35.5. The summed E-state index contributed by atoms with van der Waals surface area (Å²) in [5.74, 6) is 0. The Balaban J connectivity index is 2.00. The Bertz CT molecular complexity index is 1000. The number of hydrogen-bond donors (Lipinski definition) is 1. The van der Waals surface area contributed by atoms with Crippen LogP contribution in [0.4, 0.5) is 5.69 Å². The van der Waals surface area contributed by atoms with Crippen molar-refractivity contribution in [2.45, 2.75) is 18.7 Å². The maximum atomic E-state index is 12.6. The molecular weight excluding hydrogens is 332 g/mol. The molecule has 2 aromatic carbocycles. The Labute approximate surface area is 140 Å². The van der Waals surface area contributed by atoms with Gasteiger partial charge in [0.1, 0.15) is 0 Å². The first-order valence-corrected chi connectivity index (χ1v) is 8.88. The van der Waals surface area contributed by atoms with E-state index in [1.165, 1.54) is 6.07 Å². The van der Waals surface area contributed by atoms with Crippen LogP contribution in [0.5, 0.6) is 0 Å². The first-order chi connectivity index (χ1) is 10.9. The van der Waals surface area contributed by atoms with Crippen molar-refractivity contribution in [3.63, 3.8) is 0 Å². The van der Waals surface area contributed by atoms with Gasteiger partial charge >= 0.3 is 0 Å². The van der Waals surface area contributed by atoms with Crippen LogP contribution in [-0.2, 0) is 10.0 Å². The van der Waals surface area contributed by atoms with Gasteiger partial charge in [-0.3, -0.25) is 9.71 Å². The van der Waals surface area contributed by atoms with Gasteiger partial charge in [0.25, 0.3) is 10.0 Å². The molecule has 3 rings (SSSR count). The van der Waals surface area contributed by atoms with Gasteiger partial charge < -0.3 is 0 Å². The third-order valence-electron chi connectivity index (χ3n) is 3.59. The van der Waals surface area contributed by atoms with Gasteiger partial charge in [0.15, 0.2) is 0 Å². The van der Waals surface area contributed by atoms with Crippen molar-refractivity contribution in [3.8, 4) is 0 Å². The standard InChI is InChI=1S/C17H15ClN2O2S/c1-11-6-7-13-10-14(8-9-16(13)19-11)20-23(21,22)17-5-3-4-15(18)12(17)2/h3-10,20H,1-2H3. The minimum absolute atomic E-state index is 0.173. The largest absolute Gasteiger partial charge is 0.280 e. The highest BCUT2D eigenvalue weighted by Gasteiger charge is 2.18. The fourth-order valence-corrected chi connectivity index (χ4v) is 3.93. The molecule has 0 aliphatic carbocycles. The Hall–Kier alpha value is -2.11. The van der Waals surface area contributed by atoms with E-state index in [2.05, 4.69) is 9.71 Å². The molecule has 0 bridgehead atoms. The van der Waals surface area contributed by atoms with Crippen molar-refractivity contribution in [3.05, 3.63) is 64.8 Å². The summed E-state index contributed by atoms with van der Waals surface area (Å²) in [5, 5.41) is 1.30. The van der Waals surface area contributed by atoms with E-state index in [0.29, 0.717) is 16.3 Å². The molecule has 0 aliphatic rings. The summed E-state index contributed by atoms with van der Waals surface area (Å²) < 4.78 is 27.8. The second-order valence-electron chi connectivity index (χ2n) is 5.33. The van der Waals surface area contributed by atoms with Gasteiger partial charge in [0.2, 0.25) is 0 Å². The molecule has 0 spiro atoms. The van der Waals surface area contributed by atoms with Crippen molar-refractivity contribution < 1.29 is 8.42 Å². The molecule has 4 nitrogen and oxygen atoms in total. The molecule has 1 aromatic heterocycles. The number of aryl methyl sites for hydroxylation is 1. The van der Waals surface area contributed by atoms with Crippen LogP contribution in [0.15, 0.2) is 53.4 Å². The molecule has 118 valence electrons. The first-order valence-electron chi connectivity index (χ1n) is 7.02. The van der Waals surface area contributed by atoms with Crippen LogP contribution in [0.2, 0.25) is 5.02 Å². The summed E-state index contributed by atoms with van der Waals surface area (Å²) in [5.41, 5.74) is 2.76. The molecule has 0 saturated heterocycles. The molecule has 23 heavy (non-hydrogen) atoms. The third kappa shape index (κ3) is 3.16. The van der Waals surface area contributed by atoms with Crippen molar-refractivity contribution in [1.82, 2.24) is 4.98 Å². The average molecular weight is 347 g/mol. The molecule has 0 atom stereocenters. The van der Waals surface area contributed by atoms with Gasteiger partial charge in [-0.15, -0.1) is 0 Å². The van der Waals surface area contributed by atoms with E-state index in [9.17, 15) is 8.42 Å². The van der Waals surface area contributed by atoms with Gasteiger partial charge in [-0.25, -0.2) is 8.42 Å². The Kier molecular flexibility index (Phi) is 4.00. The molecule has 0 unspecified atom stereocenters. The number of fused-ring (bicyclic) bond motifs is 1. The quantitative estimate of drug-likeness (QED) is 0.769.